The van der Waals surface area contributed by atoms with E-state index in [0.717, 1.165) is 18.4 Å². The molecule has 0 aromatic heterocycles. The minimum Gasteiger partial charge on any atom is -0.330 e. The van der Waals surface area contributed by atoms with Crippen molar-refractivity contribution in [2.45, 2.75) is 44.4 Å². The second kappa shape index (κ2) is 5.34. The Kier molecular flexibility index (Phi) is 3.76. The number of nitrogens with two attached hydrogens (primary N) is 1. The summed E-state index contributed by atoms with van der Waals surface area (Å²) in [5, 5.41) is 0. The summed E-state index contributed by atoms with van der Waals surface area (Å²) in [4.78, 5) is 0. The van der Waals surface area contributed by atoms with Crippen LogP contribution in [0.25, 0.3) is 0 Å². The van der Waals surface area contributed by atoms with E-state index in [9.17, 15) is 0 Å². The van der Waals surface area contributed by atoms with Gasteiger partial charge >= 0.3 is 0 Å². The molecule has 1 saturated carbocycles. The van der Waals surface area contributed by atoms with Crippen LogP contribution in [0.15, 0.2) is 22.7 Å². The van der Waals surface area contributed by atoms with Crippen LogP contribution < -0.4 is 5.73 Å². The Bertz CT molecular complexity index is 423. The number of aryl methyl sites for hydroxylation is 1. The summed E-state index contributed by atoms with van der Waals surface area (Å²) in [6.45, 7) is 0.854. The van der Waals surface area contributed by atoms with Crippen LogP contribution >= 0.6 is 15.9 Å². The maximum atomic E-state index is 6.04. The predicted octanol–water partition coefficient (Wildman–Crippen LogP) is 4.24. The summed E-state index contributed by atoms with van der Waals surface area (Å²) < 4.78 is 1.22. The van der Waals surface area contributed by atoms with Crippen molar-refractivity contribution in [3.63, 3.8) is 0 Å². The summed E-state index contributed by atoms with van der Waals surface area (Å²) in [5.74, 6) is 2.31. The molecule has 2 heteroatoms. The lowest BCUT2D eigenvalue weighted by atomic mass is 9.69. The molecule has 1 aromatic rings. The Labute approximate surface area is 118 Å². The Morgan fingerprint density at radius 2 is 1.94 bits per heavy atom. The zero-order chi connectivity index (χ0) is 12.5. The standard InChI is InChI=1S/C16H22BrN/c17-14-8-7-11-5-6-13(10-18)16(15(11)9-14)12-3-1-2-4-12/h7-9,12-13,16H,1-6,10,18H2. The largest absolute Gasteiger partial charge is 0.330 e. The van der Waals surface area contributed by atoms with Crippen LogP contribution in [0.5, 0.6) is 0 Å². The Hall–Kier alpha value is -0.340. The number of benzene rings is 1. The fourth-order valence-electron chi connectivity index (χ4n) is 4.10. The van der Waals surface area contributed by atoms with Crippen molar-refractivity contribution in [1.29, 1.82) is 0 Å². The van der Waals surface area contributed by atoms with E-state index in [1.54, 1.807) is 11.1 Å². The molecule has 2 aliphatic carbocycles. The molecule has 3 rings (SSSR count). The Balaban J connectivity index is 1.99. The number of rotatable bonds is 2. The summed E-state index contributed by atoms with van der Waals surface area (Å²) in [5.41, 5.74) is 9.21. The molecular weight excluding hydrogens is 286 g/mol. The third-order valence-electron chi connectivity index (χ3n) is 4.97. The van der Waals surface area contributed by atoms with Gasteiger partial charge < -0.3 is 5.73 Å². The number of halogens is 1. The highest BCUT2D eigenvalue weighted by Gasteiger charge is 2.35. The van der Waals surface area contributed by atoms with Gasteiger partial charge in [0.05, 0.1) is 0 Å². The maximum Gasteiger partial charge on any atom is 0.0178 e. The quantitative estimate of drug-likeness (QED) is 0.868. The molecule has 2 atom stereocenters. The highest BCUT2D eigenvalue weighted by molar-refractivity contribution is 9.10. The third-order valence-corrected chi connectivity index (χ3v) is 5.46. The molecular formula is C16H22BrN. The first-order chi connectivity index (χ1) is 8.79. The number of hydrogen-bond donors (Lipinski definition) is 1. The van der Waals surface area contributed by atoms with Gasteiger partial charge in [-0.15, -0.1) is 0 Å². The maximum absolute atomic E-state index is 6.04. The molecule has 0 spiro atoms. The van der Waals surface area contributed by atoms with E-state index in [4.69, 9.17) is 5.73 Å². The zero-order valence-electron chi connectivity index (χ0n) is 10.9. The van der Waals surface area contributed by atoms with E-state index >= 15 is 0 Å². The number of hydrogen-bond acceptors (Lipinski definition) is 1. The molecule has 98 valence electrons. The van der Waals surface area contributed by atoms with Crippen molar-refractivity contribution >= 4 is 15.9 Å². The van der Waals surface area contributed by atoms with E-state index in [1.807, 2.05) is 0 Å². The van der Waals surface area contributed by atoms with Gasteiger partial charge in [0.2, 0.25) is 0 Å². The lowest BCUT2D eigenvalue weighted by molar-refractivity contribution is 0.285. The molecule has 0 bridgehead atoms. The minimum absolute atomic E-state index is 0.704. The van der Waals surface area contributed by atoms with Crippen molar-refractivity contribution in [3.05, 3.63) is 33.8 Å². The molecule has 0 amide bonds. The van der Waals surface area contributed by atoms with E-state index in [2.05, 4.69) is 34.1 Å². The monoisotopic (exact) mass is 307 g/mol. The van der Waals surface area contributed by atoms with Gasteiger partial charge in [-0.1, -0.05) is 34.8 Å². The summed E-state index contributed by atoms with van der Waals surface area (Å²) in [6.07, 6.45) is 8.16. The fraction of sp³-hybridized carbons (Fsp3) is 0.625. The van der Waals surface area contributed by atoms with Crippen molar-refractivity contribution in [3.8, 4) is 0 Å². The van der Waals surface area contributed by atoms with Gasteiger partial charge in [-0.25, -0.2) is 0 Å². The van der Waals surface area contributed by atoms with Crippen LogP contribution in [0.3, 0.4) is 0 Å². The third kappa shape index (κ3) is 2.25. The minimum atomic E-state index is 0.704. The molecule has 1 fully saturated rings. The van der Waals surface area contributed by atoms with Crippen molar-refractivity contribution < 1.29 is 0 Å². The van der Waals surface area contributed by atoms with Gasteiger partial charge in [-0.3, -0.25) is 0 Å². The molecule has 0 aliphatic heterocycles. The number of fused-ring (bicyclic) bond motifs is 1. The van der Waals surface area contributed by atoms with Crippen LogP contribution in [0.1, 0.15) is 49.1 Å². The van der Waals surface area contributed by atoms with Crippen molar-refractivity contribution in [1.82, 2.24) is 0 Å². The Morgan fingerprint density at radius 1 is 1.17 bits per heavy atom. The first kappa shape index (κ1) is 12.7. The van der Waals surface area contributed by atoms with Gasteiger partial charge in [0, 0.05) is 4.47 Å². The first-order valence-corrected chi connectivity index (χ1v) is 8.07. The molecule has 0 saturated heterocycles. The van der Waals surface area contributed by atoms with Crippen LogP contribution in [-0.4, -0.2) is 6.54 Å². The molecule has 0 radical (unpaired) electrons. The lowest BCUT2D eigenvalue weighted by Crippen LogP contribution is -2.31. The van der Waals surface area contributed by atoms with E-state index < -0.39 is 0 Å². The molecule has 0 heterocycles. The van der Waals surface area contributed by atoms with Gasteiger partial charge in [0.15, 0.2) is 0 Å². The summed E-state index contributed by atoms with van der Waals surface area (Å²) in [6, 6.07) is 6.86. The second-order valence-corrected chi connectivity index (χ2v) is 6.86. The molecule has 2 aliphatic rings. The van der Waals surface area contributed by atoms with Gasteiger partial charge in [0.25, 0.3) is 0 Å². The average Bonchev–Trinajstić information content (AvgIpc) is 2.90. The van der Waals surface area contributed by atoms with Gasteiger partial charge in [0.1, 0.15) is 0 Å². The van der Waals surface area contributed by atoms with E-state index in [0.29, 0.717) is 5.92 Å². The first-order valence-electron chi connectivity index (χ1n) is 7.28. The molecule has 1 nitrogen and oxygen atoms in total. The molecule has 2 unspecified atom stereocenters. The van der Waals surface area contributed by atoms with Gasteiger partial charge in [-0.05, 0) is 73.2 Å². The van der Waals surface area contributed by atoms with E-state index in [1.165, 1.54) is 43.0 Å². The summed E-state index contributed by atoms with van der Waals surface area (Å²) in [7, 11) is 0. The molecule has 2 N–H and O–H groups in total. The van der Waals surface area contributed by atoms with Crippen LogP contribution in [0.2, 0.25) is 0 Å². The normalized spacial score (nSPS) is 28.3. The average molecular weight is 308 g/mol. The topological polar surface area (TPSA) is 26.0 Å². The SMILES string of the molecule is NCC1CCc2ccc(Br)cc2C1C1CCCC1. The lowest BCUT2D eigenvalue weighted by Gasteiger charge is -2.37. The van der Waals surface area contributed by atoms with Crippen molar-refractivity contribution in [2.75, 3.05) is 6.54 Å². The Morgan fingerprint density at radius 3 is 2.67 bits per heavy atom. The molecule has 18 heavy (non-hydrogen) atoms. The van der Waals surface area contributed by atoms with Crippen molar-refractivity contribution in [2.24, 2.45) is 17.6 Å². The molecule has 1 aromatic carbocycles. The fourth-order valence-corrected chi connectivity index (χ4v) is 4.48. The smallest absolute Gasteiger partial charge is 0.0178 e. The van der Waals surface area contributed by atoms with E-state index in [-0.39, 0.29) is 0 Å². The van der Waals surface area contributed by atoms with Crippen LogP contribution in [-0.2, 0) is 6.42 Å². The zero-order valence-corrected chi connectivity index (χ0v) is 12.5. The van der Waals surface area contributed by atoms with Crippen LogP contribution in [0.4, 0.5) is 0 Å². The van der Waals surface area contributed by atoms with Gasteiger partial charge in [-0.2, -0.15) is 0 Å². The summed E-state index contributed by atoms with van der Waals surface area (Å²) >= 11 is 3.64. The predicted molar refractivity (Wildman–Crippen MR) is 79.7 cm³/mol. The van der Waals surface area contributed by atoms with Crippen LogP contribution in [0, 0.1) is 11.8 Å². The second-order valence-electron chi connectivity index (χ2n) is 5.95. The highest BCUT2D eigenvalue weighted by atomic mass is 79.9. The highest BCUT2D eigenvalue weighted by Crippen LogP contribution is 2.47.